The van der Waals surface area contributed by atoms with E-state index in [1.54, 1.807) is 13.8 Å². The SMILES string of the molecule is CCC(C)(CN)O[N+](=O)[O-]. The molecule has 5 nitrogen and oxygen atoms in total. The zero-order valence-corrected chi connectivity index (χ0v) is 6.16. The first-order chi connectivity index (χ1) is 4.54. The van der Waals surface area contributed by atoms with Gasteiger partial charge in [-0.15, -0.1) is 10.1 Å². The van der Waals surface area contributed by atoms with Crippen LogP contribution in [0.3, 0.4) is 0 Å². The van der Waals surface area contributed by atoms with E-state index in [1.807, 2.05) is 0 Å². The minimum Gasteiger partial charge on any atom is -0.328 e. The molecule has 0 aromatic heterocycles. The molecule has 0 aromatic rings. The molecule has 1 atom stereocenters. The number of nitrogens with zero attached hydrogens (tertiary/aromatic N) is 1. The lowest BCUT2D eigenvalue weighted by molar-refractivity contribution is -0.779. The van der Waals surface area contributed by atoms with E-state index in [4.69, 9.17) is 5.73 Å². The van der Waals surface area contributed by atoms with E-state index in [2.05, 4.69) is 4.84 Å². The smallest absolute Gasteiger partial charge is 0.295 e. The van der Waals surface area contributed by atoms with Crippen LogP contribution in [0.1, 0.15) is 20.3 Å². The highest BCUT2D eigenvalue weighted by atomic mass is 17.0. The van der Waals surface area contributed by atoms with Crippen molar-refractivity contribution in [3.05, 3.63) is 10.1 Å². The molecule has 0 amide bonds. The van der Waals surface area contributed by atoms with Gasteiger partial charge in [0.2, 0.25) is 0 Å². The van der Waals surface area contributed by atoms with Crippen molar-refractivity contribution in [3.8, 4) is 0 Å². The molecule has 0 aliphatic heterocycles. The van der Waals surface area contributed by atoms with Gasteiger partial charge in [0.15, 0.2) is 0 Å². The van der Waals surface area contributed by atoms with Gasteiger partial charge in [0.1, 0.15) is 5.60 Å². The molecule has 0 bridgehead atoms. The second-order valence-electron chi connectivity index (χ2n) is 2.32. The summed E-state index contributed by atoms with van der Waals surface area (Å²) in [7, 11) is 0. The Morgan fingerprint density at radius 1 is 1.80 bits per heavy atom. The van der Waals surface area contributed by atoms with E-state index >= 15 is 0 Å². The maximum Gasteiger partial charge on any atom is 0.295 e. The third-order valence-corrected chi connectivity index (χ3v) is 1.47. The van der Waals surface area contributed by atoms with Crippen LogP contribution < -0.4 is 5.73 Å². The molecule has 2 N–H and O–H groups in total. The Kier molecular flexibility index (Phi) is 3.08. The number of nitrogens with two attached hydrogens (primary N) is 1. The van der Waals surface area contributed by atoms with Crippen molar-refractivity contribution in [2.24, 2.45) is 5.73 Å². The Labute approximate surface area is 59.3 Å². The summed E-state index contributed by atoms with van der Waals surface area (Å²) >= 11 is 0. The average Bonchev–Trinajstić information content (AvgIpc) is 1.87. The summed E-state index contributed by atoms with van der Waals surface area (Å²) in [5.74, 6) is 0. The van der Waals surface area contributed by atoms with Crippen LogP contribution in [0.2, 0.25) is 0 Å². The van der Waals surface area contributed by atoms with Crippen molar-refractivity contribution in [3.63, 3.8) is 0 Å². The Bertz CT molecular complexity index is 122. The van der Waals surface area contributed by atoms with Crippen LogP contribution in [0.4, 0.5) is 0 Å². The Morgan fingerprint density at radius 2 is 2.30 bits per heavy atom. The quantitative estimate of drug-likeness (QED) is 0.460. The molecule has 0 saturated carbocycles. The van der Waals surface area contributed by atoms with E-state index in [0.717, 1.165) is 0 Å². The lowest BCUT2D eigenvalue weighted by Crippen LogP contribution is -2.38. The summed E-state index contributed by atoms with van der Waals surface area (Å²) in [6.45, 7) is 3.55. The molecular weight excluding hydrogens is 136 g/mol. The van der Waals surface area contributed by atoms with E-state index in [0.29, 0.717) is 6.42 Å². The second-order valence-corrected chi connectivity index (χ2v) is 2.32. The average molecular weight is 148 g/mol. The third-order valence-electron chi connectivity index (χ3n) is 1.47. The van der Waals surface area contributed by atoms with Crippen LogP contribution in [0.25, 0.3) is 0 Å². The predicted molar refractivity (Wildman–Crippen MR) is 35.8 cm³/mol. The largest absolute Gasteiger partial charge is 0.328 e. The molecule has 0 aromatic carbocycles. The summed E-state index contributed by atoms with van der Waals surface area (Å²) in [5, 5.41) is 9.05. The molecule has 5 heteroatoms. The molecule has 0 heterocycles. The van der Waals surface area contributed by atoms with E-state index in [9.17, 15) is 10.1 Å². The summed E-state index contributed by atoms with van der Waals surface area (Å²) in [6, 6.07) is 0. The highest BCUT2D eigenvalue weighted by Crippen LogP contribution is 2.12. The fourth-order valence-corrected chi connectivity index (χ4v) is 0.426. The third kappa shape index (κ3) is 2.63. The van der Waals surface area contributed by atoms with Gasteiger partial charge in [-0.05, 0) is 13.3 Å². The van der Waals surface area contributed by atoms with Crippen molar-refractivity contribution >= 4 is 0 Å². The fourth-order valence-electron chi connectivity index (χ4n) is 0.426. The molecule has 0 aliphatic rings. The molecule has 0 radical (unpaired) electrons. The standard InChI is InChI=1S/C5H12N2O3/c1-3-5(2,4-6)10-7(8)9/h3-4,6H2,1-2H3. The highest BCUT2D eigenvalue weighted by Gasteiger charge is 2.24. The van der Waals surface area contributed by atoms with Crippen LogP contribution in [-0.4, -0.2) is 17.2 Å². The van der Waals surface area contributed by atoms with Gasteiger partial charge in [-0.1, -0.05) is 6.92 Å². The first kappa shape index (κ1) is 9.16. The van der Waals surface area contributed by atoms with Crippen LogP contribution in [-0.2, 0) is 4.84 Å². The van der Waals surface area contributed by atoms with Crippen molar-refractivity contribution in [2.45, 2.75) is 25.9 Å². The maximum atomic E-state index is 9.86. The first-order valence-corrected chi connectivity index (χ1v) is 3.07. The molecule has 10 heavy (non-hydrogen) atoms. The van der Waals surface area contributed by atoms with Gasteiger partial charge >= 0.3 is 0 Å². The molecule has 1 unspecified atom stereocenters. The molecule has 0 saturated heterocycles. The van der Waals surface area contributed by atoms with Gasteiger partial charge in [-0.25, -0.2) is 0 Å². The molecule has 0 aliphatic carbocycles. The van der Waals surface area contributed by atoms with Gasteiger partial charge in [0.05, 0.1) is 0 Å². The molecule has 0 fully saturated rings. The lowest BCUT2D eigenvalue weighted by atomic mass is 10.1. The van der Waals surface area contributed by atoms with E-state index in [-0.39, 0.29) is 6.54 Å². The van der Waals surface area contributed by atoms with Crippen LogP contribution in [0, 0.1) is 10.1 Å². The van der Waals surface area contributed by atoms with Gasteiger partial charge in [-0.3, -0.25) is 0 Å². The van der Waals surface area contributed by atoms with Crippen molar-refractivity contribution in [2.75, 3.05) is 6.54 Å². The van der Waals surface area contributed by atoms with E-state index in [1.165, 1.54) is 0 Å². The maximum absolute atomic E-state index is 9.86. The predicted octanol–water partition coefficient (Wildman–Crippen LogP) is 0.322. The minimum absolute atomic E-state index is 0.157. The molecule has 60 valence electrons. The Balaban J connectivity index is 3.92. The first-order valence-electron chi connectivity index (χ1n) is 3.07. The van der Waals surface area contributed by atoms with Gasteiger partial charge in [0, 0.05) is 6.54 Å². The Morgan fingerprint density at radius 3 is 2.40 bits per heavy atom. The van der Waals surface area contributed by atoms with Crippen LogP contribution in [0.15, 0.2) is 0 Å². The lowest BCUT2D eigenvalue weighted by Gasteiger charge is -2.22. The van der Waals surface area contributed by atoms with Gasteiger partial charge in [-0.2, -0.15) is 0 Å². The summed E-state index contributed by atoms with van der Waals surface area (Å²) in [5.41, 5.74) is 4.42. The molecule has 0 spiro atoms. The number of rotatable bonds is 4. The molecule has 0 rings (SSSR count). The van der Waals surface area contributed by atoms with Crippen LogP contribution in [0.5, 0.6) is 0 Å². The zero-order valence-electron chi connectivity index (χ0n) is 6.16. The van der Waals surface area contributed by atoms with Crippen molar-refractivity contribution in [1.29, 1.82) is 0 Å². The highest BCUT2D eigenvalue weighted by molar-refractivity contribution is 4.71. The molecular formula is C5H12N2O3. The van der Waals surface area contributed by atoms with Gasteiger partial charge in [0.25, 0.3) is 5.09 Å². The summed E-state index contributed by atoms with van der Waals surface area (Å²) in [4.78, 5) is 14.2. The van der Waals surface area contributed by atoms with Crippen molar-refractivity contribution < 1.29 is 9.92 Å². The van der Waals surface area contributed by atoms with E-state index < -0.39 is 10.7 Å². The van der Waals surface area contributed by atoms with Gasteiger partial charge < -0.3 is 10.6 Å². The minimum atomic E-state index is -0.816. The second kappa shape index (κ2) is 3.36. The van der Waals surface area contributed by atoms with Crippen LogP contribution >= 0.6 is 0 Å². The zero-order chi connectivity index (χ0) is 8.20. The topological polar surface area (TPSA) is 78.4 Å². The summed E-state index contributed by atoms with van der Waals surface area (Å²) < 4.78 is 0. The van der Waals surface area contributed by atoms with Crippen molar-refractivity contribution in [1.82, 2.24) is 0 Å². The normalized spacial score (nSPS) is 15.9. The monoisotopic (exact) mass is 148 g/mol. The number of hydrogen-bond donors (Lipinski definition) is 1. The summed E-state index contributed by atoms with van der Waals surface area (Å²) in [6.07, 6.45) is 0.532. The fraction of sp³-hybridized carbons (Fsp3) is 1.00. The number of hydrogen-bond acceptors (Lipinski definition) is 4. The Hall–Kier alpha value is -0.840.